The van der Waals surface area contributed by atoms with Crippen molar-refractivity contribution in [2.24, 2.45) is 5.92 Å². The lowest BCUT2D eigenvalue weighted by molar-refractivity contribution is -0.138. The van der Waals surface area contributed by atoms with E-state index in [1.807, 2.05) is 6.92 Å². The fraction of sp³-hybridized carbons (Fsp3) is 0.600. The Morgan fingerprint density at radius 1 is 1.32 bits per heavy atom. The highest BCUT2D eigenvalue weighted by Gasteiger charge is 2.34. The Bertz CT molecular complexity index is 408. The van der Waals surface area contributed by atoms with E-state index in [2.05, 4.69) is 5.32 Å². The summed E-state index contributed by atoms with van der Waals surface area (Å²) in [5.74, 6) is 0.438. The molecule has 19 heavy (non-hydrogen) atoms. The Balaban J connectivity index is 2.12. The van der Waals surface area contributed by atoms with Gasteiger partial charge in [-0.3, -0.25) is 0 Å². The number of rotatable bonds is 3. The van der Waals surface area contributed by atoms with Crippen LogP contribution >= 0.6 is 0 Å². The first kappa shape index (κ1) is 14.4. The van der Waals surface area contributed by atoms with E-state index in [0.717, 1.165) is 32.4 Å². The van der Waals surface area contributed by atoms with Crippen LogP contribution in [0.2, 0.25) is 0 Å². The zero-order valence-corrected chi connectivity index (χ0v) is 11.1. The smallest absolute Gasteiger partial charge is 0.316 e. The molecule has 1 nitrogen and oxygen atoms in total. The zero-order chi connectivity index (χ0) is 13.9. The molecule has 0 saturated carbocycles. The number of hydrogen-bond acceptors (Lipinski definition) is 1. The summed E-state index contributed by atoms with van der Waals surface area (Å²) in [5, 5.41) is 3.31. The molecule has 1 aromatic carbocycles. The van der Waals surface area contributed by atoms with Crippen molar-refractivity contribution in [3.8, 4) is 0 Å². The molecule has 106 valence electrons. The second kappa shape index (κ2) is 5.95. The monoisotopic (exact) mass is 271 g/mol. The van der Waals surface area contributed by atoms with Gasteiger partial charge < -0.3 is 5.32 Å². The van der Waals surface area contributed by atoms with Gasteiger partial charge in [0.05, 0.1) is 5.56 Å². The van der Waals surface area contributed by atoms with E-state index < -0.39 is 11.7 Å². The lowest BCUT2D eigenvalue weighted by Crippen LogP contribution is -2.30. The van der Waals surface area contributed by atoms with Crippen LogP contribution in [0.3, 0.4) is 0 Å². The molecule has 0 aromatic heterocycles. The van der Waals surface area contributed by atoms with Gasteiger partial charge in [-0.05, 0) is 55.8 Å². The first-order chi connectivity index (χ1) is 8.98. The quantitative estimate of drug-likeness (QED) is 0.868. The molecule has 1 saturated heterocycles. The van der Waals surface area contributed by atoms with E-state index in [9.17, 15) is 13.2 Å². The fourth-order valence-electron chi connectivity index (χ4n) is 2.94. The number of benzene rings is 1. The topological polar surface area (TPSA) is 12.0 Å². The second-order valence-corrected chi connectivity index (χ2v) is 5.43. The summed E-state index contributed by atoms with van der Waals surface area (Å²) in [7, 11) is 0. The summed E-state index contributed by atoms with van der Waals surface area (Å²) < 4.78 is 38.9. The van der Waals surface area contributed by atoms with Crippen LogP contribution in [0.25, 0.3) is 0 Å². The van der Waals surface area contributed by atoms with Gasteiger partial charge in [0.15, 0.2) is 0 Å². The number of halogens is 3. The van der Waals surface area contributed by atoms with E-state index in [4.69, 9.17) is 0 Å². The van der Waals surface area contributed by atoms with Crippen molar-refractivity contribution in [1.82, 2.24) is 5.32 Å². The summed E-state index contributed by atoms with van der Waals surface area (Å²) in [5.41, 5.74) is -0.0492. The first-order valence-electron chi connectivity index (χ1n) is 6.85. The van der Waals surface area contributed by atoms with Gasteiger partial charge in [0, 0.05) is 0 Å². The Hall–Kier alpha value is -1.03. The van der Waals surface area contributed by atoms with Crippen LogP contribution in [0.1, 0.15) is 43.2 Å². The second-order valence-electron chi connectivity index (χ2n) is 5.43. The van der Waals surface area contributed by atoms with Gasteiger partial charge in [0.25, 0.3) is 0 Å². The van der Waals surface area contributed by atoms with Crippen molar-refractivity contribution < 1.29 is 13.2 Å². The van der Waals surface area contributed by atoms with Crippen molar-refractivity contribution >= 4 is 0 Å². The third-order valence-electron chi connectivity index (χ3n) is 3.88. The van der Waals surface area contributed by atoms with E-state index >= 15 is 0 Å². The van der Waals surface area contributed by atoms with Gasteiger partial charge in [0.1, 0.15) is 0 Å². The minimum atomic E-state index is -4.25. The summed E-state index contributed by atoms with van der Waals surface area (Å²) in [6, 6.07) is 5.95. The standard InChI is InChI=1S/C15H20F3N/c1-11(9-12-5-4-8-19-10-12)13-6-2-3-7-14(13)15(16,17)18/h2-3,6-7,11-12,19H,4-5,8-10H2,1H3. The van der Waals surface area contributed by atoms with Crippen LogP contribution in [0, 0.1) is 5.92 Å². The van der Waals surface area contributed by atoms with Crippen molar-refractivity contribution in [2.45, 2.75) is 38.3 Å². The zero-order valence-electron chi connectivity index (χ0n) is 11.1. The Morgan fingerprint density at radius 2 is 2.05 bits per heavy atom. The normalized spacial score (nSPS) is 22.2. The van der Waals surface area contributed by atoms with Crippen LogP contribution in [-0.2, 0) is 6.18 Å². The molecule has 1 aliphatic heterocycles. The molecule has 2 atom stereocenters. The minimum Gasteiger partial charge on any atom is -0.316 e. The maximum atomic E-state index is 13.0. The number of piperidine rings is 1. The Kier molecular flexibility index (Phi) is 4.50. The molecule has 1 fully saturated rings. The van der Waals surface area contributed by atoms with Crippen molar-refractivity contribution in [1.29, 1.82) is 0 Å². The van der Waals surface area contributed by atoms with Crippen molar-refractivity contribution in [3.63, 3.8) is 0 Å². The van der Waals surface area contributed by atoms with Crippen LogP contribution < -0.4 is 5.32 Å². The highest BCUT2D eigenvalue weighted by molar-refractivity contribution is 5.32. The minimum absolute atomic E-state index is 0.0530. The number of alkyl halides is 3. The van der Waals surface area contributed by atoms with E-state index in [1.54, 1.807) is 12.1 Å². The third-order valence-corrected chi connectivity index (χ3v) is 3.88. The van der Waals surface area contributed by atoms with Gasteiger partial charge in [-0.2, -0.15) is 13.2 Å². The summed E-state index contributed by atoms with van der Waals surface area (Å²) in [4.78, 5) is 0. The number of hydrogen-bond donors (Lipinski definition) is 1. The Labute approximate surface area is 112 Å². The highest BCUT2D eigenvalue weighted by Crippen LogP contribution is 2.37. The average molecular weight is 271 g/mol. The summed E-state index contributed by atoms with van der Waals surface area (Å²) in [6.07, 6.45) is -1.19. The van der Waals surface area contributed by atoms with Gasteiger partial charge in [-0.25, -0.2) is 0 Å². The average Bonchev–Trinajstić information content (AvgIpc) is 2.39. The number of nitrogens with one attached hydrogen (secondary N) is 1. The molecular formula is C15H20F3N. The largest absolute Gasteiger partial charge is 0.416 e. The first-order valence-corrected chi connectivity index (χ1v) is 6.85. The lowest BCUT2D eigenvalue weighted by atomic mass is 9.84. The Morgan fingerprint density at radius 3 is 2.68 bits per heavy atom. The lowest BCUT2D eigenvalue weighted by Gasteiger charge is -2.27. The van der Waals surface area contributed by atoms with Gasteiger partial charge >= 0.3 is 6.18 Å². The summed E-state index contributed by atoms with van der Waals surface area (Å²) in [6.45, 7) is 3.86. The summed E-state index contributed by atoms with van der Waals surface area (Å²) >= 11 is 0. The van der Waals surface area contributed by atoms with Crippen LogP contribution in [-0.4, -0.2) is 13.1 Å². The predicted molar refractivity (Wildman–Crippen MR) is 70.1 cm³/mol. The maximum Gasteiger partial charge on any atom is 0.416 e. The molecule has 0 bridgehead atoms. The van der Waals surface area contributed by atoms with Gasteiger partial charge in [-0.1, -0.05) is 25.1 Å². The molecule has 0 amide bonds. The molecule has 1 aromatic rings. The van der Waals surface area contributed by atoms with Crippen molar-refractivity contribution in [3.05, 3.63) is 35.4 Å². The molecule has 1 heterocycles. The predicted octanol–water partition coefficient (Wildman–Crippen LogP) is 4.20. The van der Waals surface area contributed by atoms with Gasteiger partial charge in [-0.15, -0.1) is 0 Å². The van der Waals surface area contributed by atoms with E-state index in [-0.39, 0.29) is 5.92 Å². The molecular weight excluding hydrogens is 251 g/mol. The van der Waals surface area contributed by atoms with Crippen LogP contribution in [0.5, 0.6) is 0 Å². The molecule has 0 radical (unpaired) electrons. The highest BCUT2D eigenvalue weighted by atomic mass is 19.4. The van der Waals surface area contributed by atoms with Crippen LogP contribution in [0.4, 0.5) is 13.2 Å². The maximum absolute atomic E-state index is 13.0. The third kappa shape index (κ3) is 3.72. The van der Waals surface area contributed by atoms with Crippen molar-refractivity contribution in [2.75, 3.05) is 13.1 Å². The molecule has 1 N–H and O–H groups in total. The molecule has 2 rings (SSSR count). The molecule has 0 spiro atoms. The molecule has 0 aliphatic carbocycles. The fourth-order valence-corrected chi connectivity index (χ4v) is 2.94. The van der Waals surface area contributed by atoms with Gasteiger partial charge in [0.2, 0.25) is 0 Å². The van der Waals surface area contributed by atoms with Crippen LogP contribution in [0.15, 0.2) is 24.3 Å². The molecule has 4 heteroatoms. The van der Waals surface area contributed by atoms with E-state index in [0.29, 0.717) is 11.5 Å². The molecule has 1 aliphatic rings. The molecule has 2 unspecified atom stereocenters. The van der Waals surface area contributed by atoms with E-state index in [1.165, 1.54) is 12.1 Å². The SMILES string of the molecule is CC(CC1CCCNC1)c1ccccc1C(F)(F)F.